The van der Waals surface area contributed by atoms with Crippen molar-refractivity contribution in [3.63, 3.8) is 0 Å². The number of nitrogens with zero attached hydrogens (tertiary/aromatic N) is 1. The highest BCUT2D eigenvalue weighted by atomic mass is 16.4. The van der Waals surface area contributed by atoms with Crippen molar-refractivity contribution in [3.05, 3.63) is 53.6 Å². The van der Waals surface area contributed by atoms with Crippen molar-refractivity contribution in [1.29, 1.82) is 0 Å². The van der Waals surface area contributed by atoms with E-state index in [2.05, 4.69) is 4.90 Å². The minimum absolute atomic E-state index is 0.0557. The van der Waals surface area contributed by atoms with Gasteiger partial charge in [-0.2, -0.15) is 0 Å². The highest BCUT2D eigenvalue weighted by Crippen LogP contribution is 2.46. The minimum Gasteiger partial charge on any atom is -0.871 e. The number of para-hydroxylation sites is 1. The molecule has 1 aliphatic rings. The van der Waals surface area contributed by atoms with Crippen LogP contribution in [0.4, 0.5) is 0 Å². The first-order valence-corrected chi connectivity index (χ1v) is 9.35. The first-order valence-electron chi connectivity index (χ1n) is 9.35. The van der Waals surface area contributed by atoms with E-state index in [0.29, 0.717) is 17.5 Å². The van der Waals surface area contributed by atoms with Gasteiger partial charge >= 0.3 is 5.97 Å². The van der Waals surface area contributed by atoms with Gasteiger partial charge in [0.15, 0.2) is 0 Å². The third-order valence-corrected chi connectivity index (χ3v) is 5.55. The van der Waals surface area contributed by atoms with Gasteiger partial charge in [0.2, 0.25) is 0 Å². The lowest BCUT2D eigenvalue weighted by molar-refractivity contribution is -0.267. The summed E-state index contributed by atoms with van der Waals surface area (Å²) in [6, 6.07) is 11.9. The molecule has 0 aliphatic heterocycles. The van der Waals surface area contributed by atoms with E-state index in [9.17, 15) is 20.1 Å². The summed E-state index contributed by atoms with van der Waals surface area (Å²) in [6.07, 6.45) is 3.55. The number of rotatable bonds is 5. The van der Waals surface area contributed by atoms with Crippen molar-refractivity contribution in [1.82, 2.24) is 4.90 Å². The molecule has 0 amide bonds. The molecule has 0 bridgehead atoms. The quantitative estimate of drug-likeness (QED) is 0.847. The van der Waals surface area contributed by atoms with Crippen molar-refractivity contribution in [2.45, 2.75) is 31.3 Å². The summed E-state index contributed by atoms with van der Waals surface area (Å²) in [7, 11) is 3.99. The van der Waals surface area contributed by atoms with Gasteiger partial charge in [0.1, 0.15) is 0 Å². The highest BCUT2D eigenvalue weighted by Gasteiger charge is 2.41. The standard InChI is InChI=1S/C22H27NO4/c1-23(2)14-15-8-5-6-13-22(15,27)19-12-4-3-9-16(19)17-10-7-11-18(20(17)24)21(25)26/h3-4,7,9-12,15,24,27H,5-6,8,13-14H2,1-2H3,(H,25,26)/p-1. The summed E-state index contributed by atoms with van der Waals surface area (Å²) < 4.78 is 0. The summed E-state index contributed by atoms with van der Waals surface area (Å²) in [5.74, 6) is -1.69. The second-order valence-electron chi connectivity index (χ2n) is 7.66. The molecule has 0 aromatic heterocycles. The van der Waals surface area contributed by atoms with Crippen LogP contribution in [0, 0.1) is 5.92 Å². The number of carboxylic acid groups (broad SMARTS) is 1. The van der Waals surface area contributed by atoms with Crippen LogP contribution in [-0.2, 0) is 5.60 Å². The van der Waals surface area contributed by atoms with E-state index < -0.39 is 17.3 Å². The molecule has 144 valence electrons. The number of carboxylic acids is 1. The van der Waals surface area contributed by atoms with Gasteiger partial charge in [-0.25, -0.2) is 4.79 Å². The summed E-state index contributed by atoms with van der Waals surface area (Å²) in [4.78, 5) is 13.5. The Kier molecular flexibility index (Phi) is 5.53. The van der Waals surface area contributed by atoms with Crippen LogP contribution in [0.2, 0.25) is 0 Å². The van der Waals surface area contributed by atoms with Crippen molar-refractivity contribution >= 4 is 5.97 Å². The number of hydrogen-bond acceptors (Lipinski definition) is 4. The second kappa shape index (κ2) is 7.71. The minimum atomic E-state index is -1.24. The molecule has 5 heteroatoms. The summed E-state index contributed by atoms with van der Waals surface area (Å²) in [5.41, 5.74) is 0.385. The van der Waals surface area contributed by atoms with E-state index in [0.717, 1.165) is 31.4 Å². The van der Waals surface area contributed by atoms with Gasteiger partial charge in [0.05, 0.1) is 11.2 Å². The van der Waals surface area contributed by atoms with Crippen LogP contribution in [0.5, 0.6) is 5.75 Å². The van der Waals surface area contributed by atoms with Crippen molar-refractivity contribution in [2.75, 3.05) is 20.6 Å². The Labute approximate surface area is 159 Å². The second-order valence-corrected chi connectivity index (χ2v) is 7.66. The fourth-order valence-corrected chi connectivity index (χ4v) is 4.28. The number of benzene rings is 2. The van der Waals surface area contributed by atoms with Crippen molar-refractivity contribution in [2.24, 2.45) is 5.92 Å². The van der Waals surface area contributed by atoms with Crippen molar-refractivity contribution < 1.29 is 20.1 Å². The first kappa shape index (κ1) is 19.4. The highest BCUT2D eigenvalue weighted by molar-refractivity contribution is 5.94. The number of carbonyl (C=O) groups is 1. The molecule has 3 rings (SSSR count). The van der Waals surface area contributed by atoms with Gasteiger partial charge in [-0.1, -0.05) is 55.0 Å². The molecule has 2 aromatic rings. The molecule has 0 spiro atoms. The van der Waals surface area contributed by atoms with E-state index in [1.165, 1.54) is 6.07 Å². The SMILES string of the molecule is CN(C)CC1CCCCC1(O)c1ccccc1-c1cccc(C(=O)O)c1[O-]. The molecule has 1 fully saturated rings. The average molecular weight is 368 g/mol. The molecule has 0 radical (unpaired) electrons. The smallest absolute Gasteiger partial charge is 0.335 e. The van der Waals surface area contributed by atoms with Crippen LogP contribution in [-0.4, -0.2) is 41.7 Å². The Balaban J connectivity index is 2.14. The monoisotopic (exact) mass is 368 g/mol. The lowest BCUT2D eigenvalue weighted by atomic mass is 9.69. The maximum Gasteiger partial charge on any atom is 0.335 e. The molecular formula is C22H26NO4-. The van der Waals surface area contributed by atoms with Crippen LogP contribution in [0.25, 0.3) is 11.1 Å². The van der Waals surface area contributed by atoms with Gasteiger partial charge in [0, 0.05) is 12.5 Å². The molecule has 2 aromatic carbocycles. The van der Waals surface area contributed by atoms with E-state index in [-0.39, 0.29) is 11.5 Å². The maximum absolute atomic E-state index is 12.7. The molecule has 27 heavy (non-hydrogen) atoms. The van der Waals surface area contributed by atoms with Crippen LogP contribution in [0.3, 0.4) is 0 Å². The Morgan fingerprint density at radius 2 is 1.85 bits per heavy atom. The van der Waals surface area contributed by atoms with Gasteiger partial charge < -0.3 is 20.2 Å². The fourth-order valence-electron chi connectivity index (χ4n) is 4.28. The largest absolute Gasteiger partial charge is 0.871 e. The molecule has 0 saturated heterocycles. The van der Waals surface area contributed by atoms with Crippen molar-refractivity contribution in [3.8, 4) is 16.9 Å². The van der Waals surface area contributed by atoms with E-state index >= 15 is 0 Å². The molecule has 2 N–H and O–H groups in total. The van der Waals surface area contributed by atoms with Gasteiger partial charge in [-0.3, -0.25) is 0 Å². The van der Waals surface area contributed by atoms with Crippen LogP contribution >= 0.6 is 0 Å². The van der Waals surface area contributed by atoms with Crippen LogP contribution in [0.1, 0.15) is 41.6 Å². The predicted molar refractivity (Wildman–Crippen MR) is 103 cm³/mol. The lowest BCUT2D eigenvalue weighted by Crippen LogP contribution is -2.43. The third kappa shape index (κ3) is 3.70. The third-order valence-electron chi connectivity index (χ3n) is 5.55. The molecular weight excluding hydrogens is 342 g/mol. The van der Waals surface area contributed by atoms with E-state index in [4.69, 9.17) is 0 Å². The zero-order valence-corrected chi connectivity index (χ0v) is 15.8. The number of hydrogen-bond donors (Lipinski definition) is 2. The Bertz CT molecular complexity index is 833. The summed E-state index contributed by atoms with van der Waals surface area (Å²) in [6.45, 7) is 0.754. The molecule has 1 saturated carbocycles. The normalized spacial score (nSPS) is 22.7. The Morgan fingerprint density at radius 1 is 1.15 bits per heavy atom. The molecule has 1 aliphatic carbocycles. The fraction of sp³-hybridized carbons (Fsp3) is 0.409. The van der Waals surface area contributed by atoms with Gasteiger partial charge in [-0.05, 0) is 49.7 Å². The van der Waals surface area contributed by atoms with Crippen LogP contribution in [0.15, 0.2) is 42.5 Å². The maximum atomic E-state index is 12.7. The Hall–Kier alpha value is -2.37. The van der Waals surface area contributed by atoms with Crippen LogP contribution < -0.4 is 5.11 Å². The molecule has 0 heterocycles. The predicted octanol–water partition coefficient (Wildman–Crippen LogP) is 3.06. The molecule has 2 unspecified atom stereocenters. The zero-order chi connectivity index (χ0) is 19.6. The van der Waals surface area contributed by atoms with Gasteiger partial charge in [0.25, 0.3) is 0 Å². The van der Waals surface area contributed by atoms with Gasteiger partial charge in [-0.15, -0.1) is 0 Å². The topological polar surface area (TPSA) is 83.8 Å². The first-order chi connectivity index (χ1) is 12.8. The Morgan fingerprint density at radius 3 is 2.56 bits per heavy atom. The number of aromatic carboxylic acids is 1. The summed E-state index contributed by atoms with van der Waals surface area (Å²) >= 11 is 0. The molecule has 2 atom stereocenters. The summed E-state index contributed by atoms with van der Waals surface area (Å²) in [5, 5.41) is 33.7. The molecule has 5 nitrogen and oxygen atoms in total. The average Bonchev–Trinajstić information content (AvgIpc) is 2.63. The van der Waals surface area contributed by atoms with E-state index in [1.54, 1.807) is 18.2 Å². The lowest BCUT2D eigenvalue weighted by Gasteiger charge is -2.43. The number of aliphatic hydroxyl groups is 1. The van der Waals surface area contributed by atoms with E-state index in [1.807, 2.05) is 32.3 Å². The zero-order valence-electron chi connectivity index (χ0n) is 15.8.